The summed E-state index contributed by atoms with van der Waals surface area (Å²) < 4.78 is 29.3. The van der Waals surface area contributed by atoms with E-state index in [2.05, 4.69) is 30.8 Å². The smallest absolute Gasteiger partial charge is 0.407 e. The SMILES string of the molecule is CS(=O)(=O)c1ccc(Nc2nc(N3CCCC(NC(=O)OCCC4CCN(c5ccc6c(c5)C(=O)N(C5CCC(=O)NC5=O)C6=O)CC4)C3)cnc2C(N)=O)cc1. The topological polar surface area (TPSA) is 243 Å². The molecule has 300 valence electrons. The number of fused-ring (bicyclic) bond motifs is 1. The van der Waals surface area contributed by atoms with Crippen LogP contribution >= 0.6 is 0 Å². The minimum atomic E-state index is -3.39. The highest BCUT2D eigenvalue weighted by molar-refractivity contribution is 7.90. The molecule has 5 N–H and O–H groups in total. The minimum Gasteiger partial charge on any atom is -0.450 e. The lowest BCUT2D eigenvalue weighted by Gasteiger charge is -2.34. The molecule has 2 atom stereocenters. The van der Waals surface area contributed by atoms with Gasteiger partial charge in [0, 0.05) is 56.3 Å². The number of hydrogen-bond acceptors (Lipinski definition) is 14. The zero-order valence-corrected chi connectivity index (χ0v) is 32.0. The first-order chi connectivity index (χ1) is 27.2. The van der Waals surface area contributed by atoms with Crippen LogP contribution in [0.5, 0.6) is 0 Å². The fraction of sp³-hybridized carbons (Fsp3) is 0.421. The first kappa shape index (κ1) is 39.1. The van der Waals surface area contributed by atoms with E-state index in [9.17, 15) is 37.2 Å². The van der Waals surface area contributed by atoms with Gasteiger partial charge in [-0.25, -0.2) is 23.2 Å². The summed E-state index contributed by atoms with van der Waals surface area (Å²) >= 11 is 0. The maximum Gasteiger partial charge on any atom is 0.407 e. The number of imide groups is 2. The van der Waals surface area contributed by atoms with E-state index in [0.29, 0.717) is 50.0 Å². The molecule has 0 bridgehead atoms. The van der Waals surface area contributed by atoms with Gasteiger partial charge in [0.05, 0.1) is 28.8 Å². The van der Waals surface area contributed by atoms with E-state index in [1.807, 2.05) is 4.90 Å². The van der Waals surface area contributed by atoms with Crippen molar-refractivity contribution in [2.45, 2.75) is 61.9 Å². The number of piperidine rings is 3. The van der Waals surface area contributed by atoms with Gasteiger partial charge < -0.3 is 30.9 Å². The second-order valence-electron chi connectivity index (χ2n) is 14.7. The Balaban J connectivity index is 0.870. The number of anilines is 4. The molecule has 0 spiro atoms. The fourth-order valence-corrected chi connectivity index (χ4v) is 8.32. The van der Waals surface area contributed by atoms with Crippen molar-refractivity contribution >= 4 is 68.5 Å². The van der Waals surface area contributed by atoms with Crippen LogP contribution in [0.3, 0.4) is 0 Å². The summed E-state index contributed by atoms with van der Waals surface area (Å²) in [6.07, 6.45) is 6.06. The number of nitrogens with zero attached hydrogens (tertiary/aromatic N) is 5. The van der Waals surface area contributed by atoms with E-state index >= 15 is 0 Å². The van der Waals surface area contributed by atoms with Crippen molar-refractivity contribution in [3.63, 3.8) is 0 Å². The number of ether oxygens (including phenoxy) is 1. The molecular weight excluding hydrogens is 759 g/mol. The molecule has 4 aliphatic heterocycles. The number of primary amides is 1. The summed E-state index contributed by atoms with van der Waals surface area (Å²) in [4.78, 5) is 89.3. The Hall–Kier alpha value is -6.11. The van der Waals surface area contributed by atoms with Gasteiger partial charge in [0.25, 0.3) is 17.7 Å². The molecule has 18 nitrogen and oxygen atoms in total. The van der Waals surface area contributed by atoms with Crippen LogP contribution in [-0.4, -0.2) is 110 Å². The van der Waals surface area contributed by atoms with E-state index in [1.165, 1.54) is 18.3 Å². The van der Waals surface area contributed by atoms with Gasteiger partial charge in [0.15, 0.2) is 21.3 Å². The van der Waals surface area contributed by atoms with E-state index in [4.69, 9.17) is 10.5 Å². The monoisotopic (exact) mass is 801 g/mol. The number of carbonyl (C=O) groups excluding carboxylic acids is 6. The average molecular weight is 802 g/mol. The van der Waals surface area contributed by atoms with Gasteiger partial charge in [0.1, 0.15) is 11.9 Å². The number of hydrogen-bond donors (Lipinski definition) is 4. The molecule has 0 radical (unpaired) electrons. The van der Waals surface area contributed by atoms with Gasteiger partial charge in [-0.3, -0.25) is 34.2 Å². The maximum atomic E-state index is 13.3. The molecule has 3 fully saturated rings. The molecule has 3 aromatic rings. The molecule has 0 aliphatic carbocycles. The number of nitrogens with two attached hydrogens (primary N) is 1. The maximum absolute atomic E-state index is 13.3. The molecule has 0 saturated carbocycles. The Labute approximate surface area is 328 Å². The highest BCUT2D eigenvalue weighted by Gasteiger charge is 2.45. The number of amides is 6. The molecule has 2 unspecified atom stereocenters. The Morgan fingerprint density at radius 3 is 2.39 bits per heavy atom. The van der Waals surface area contributed by atoms with Crippen LogP contribution in [-0.2, 0) is 24.2 Å². The van der Waals surface area contributed by atoms with Crippen LogP contribution in [0.1, 0.15) is 76.2 Å². The molecule has 3 saturated heterocycles. The molecule has 5 heterocycles. The van der Waals surface area contributed by atoms with Gasteiger partial charge in [-0.1, -0.05) is 0 Å². The van der Waals surface area contributed by atoms with Crippen molar-refractivity contribution in [3.05, 3.63) is 65.5 Å². The van der Waals surface area contributed by atoms with Crippen LogP contribution in [0.2, 0.25) is 0 Å². The van der Waals surface area contributed by atoms with E-state index < -0.39 is 51.5 Å². The molecule has 1 aromatic heterocycles. The van der Waals surface area contributed by atoms with Crippen molar-refractivity contribution in [2.75, 3.05) is 54.2 Å². The number of sulfone groups is 1. The Kier molecular flexibility index (Phi) is 11.1. The Bertz CT molecular complexity index is 2230. The van der Waals surface area contributed by atoms with Gasteiger partial charge >= 0.3 is 6.09 Å². The van der Waals surface area contributed by atoms with Crippen molar-refractivity contribution in [1.29, 1.82) is 0 Å². The first-order valence-electron chi connectivity index (χ1n) is 18.8. The Morgan fingerprint density at radius 2 is 1.68 bits per heavy atom. The number of benzene rings is 2. The average Bonchev–Trinajstić information content (AvgIpc) is 3.43. The summed E-state index contributed by atoms with van der Waals surface area (Å²) in [5.41, 5.74) is 7.25. The number of rotatable bonds is 11. The molecule has 7 rings (SSSR count). The van der Waals surface area contributed by atoms with Crippen LogP contribution in [0, 0.1) is 5.92 Å². The number of alkyl carbamates (subject to hydrolysis) is 1. The lowest BCUT2D eigenvalue weighted by Crippen LogP contribution is -2.54. The van der Waals surface area contributed by atoms with E-state index in [0.717, 1.165) is 42.5 Å². The zero-order valence-electron chi connectivity index (χ0n) is 31.2. The second-order valence-corrected chi connectivity index (χ2v) is 16.7. The normalized spacial score (nSPS) is 20.3. The second kappa shape index (κ2) is 16.2. The summed E-state index contributed by atoms with van der Waals surface area (Å²) in [5, 5.41) is 8.17. The fourth-order valence-electron chi connectivity index (χ4n) is 7.69. The molecular formula is C38H43N9O9S. The quantitative estimate of drug-likeness (QED) is 0.203. The third-order valence-electron chi connectivity index (χ3n) is 10.8. The van der Waals surface area contributed by atoms with Gasteiger partial charge in [-0.05, 0) is 86.9 Å². The minimum absolute atomic E-state index is 0.0590. The summed E-state index contributed by atoms with van der Waals surface area (Å²) in [5.74, 6) is -2.02. The van der Waals surface area contributed by atoms with Crippen molar-refractivity contribution in [2.24, 2.45) is 11.7 Å². The molecule has 6 amide bonds. The van der Waals surface area contributed by atoms with Crippen molar-refractivity contribution in [3.8, 4) is 0 Å². The van der Waals surface area contributed by atoms with E-state index in [1.54, 1.807) is 30.3 Å². The largest absolute Gasteiger partial charge is 0.450 e. The van der Waals surface area contributed by atoms with Gasteiger partial charge in [0.2, 0.25) is 11.8 Å². The molecule has 4 aliphatic rings. The molecule has 19 heteroatoms. The highest BCUT2D eigenvalue weighted by Crippen LogP contribution is 2.33. The van der Waals surface area contributed by atoms with Gasteiger partial charge in [-0.2, -0.15) is 0 Å². The zero-order chi connectivity index (χ0) is 40.4. The van der Waals surface area contributed by atoms with Crippen LogP contribution in [0.15, 0.2) is 53.6 Å². The van der Waals surface area contributed by atoms with Crippen molar-refractivity contribution < 1.29 is 41.9 Å². The third-order valence-corrected chi connectivity index (χ3v) is 11.9. The van der Waals surface area contributed by atoms with Crippen molar-refractivity contribution in [1.82, 2.24) is 25.5 Å². The Morgan fingerprint density at radius 1 is 0.947 bits per heavy atom. The first-order valence-corrected chi connectivity index (χ1v) is 20.7. The molecule has 57 heavy (non-hydrogen) atoms. The summed E-state index contributed by atoms with van der Waals surface area (Å²) in [7, 11) is -3.39. The van der Waals surface area contributed by atoms with Crippen LogP contribution < -0.4 is 31.5 Å². The highest BCUT2D eigenvalue weighted by atomic mass is 32.2. The third kappa shape index (κ3) is 8.67. The summed E-state index contributed by atoms with van der Waals surface area (Å²) in [6.45, 7) is 2.74. The van der Waals surface area contributed by atoms with Gasteiger partial charge in [-0.15, -0.1) is 0 Å². The lowest BCUT2D eigenvalue weighted by atomic mass is 9.93. The predicted molar refractivity (Wildman–Crippen MR) is 206 cm³/mol. The predicted octanol–water partition coefficient (Wildman–Crippen LogP) is 2.13. The number of nitrogens with one attached hydrogen (secondary N) is 3. The number of aromatic nitrogens is 2. The van der Waals surface area contributed by atoms with E-state index in [-0.39, 0.29) is 53.0 Å². The molecule has 2 aromatic carbocycles. The lowest BCUT2D eigenvalue weighted by molar-refractivity contribution is -0.136. The van der Waals surface area contributed by atoms with Crippen LogP contribution in [0.25, 0.3) is 0 Å². The summed E-state index contributed by atoms with van der Waals surface area (Å²) in [6, 6.07) is 9.88. The van der Waals surface area contributed by atoms with Crippen LogP contribution in [0.4, 0.5) is 27.8 Å². The number of carbonyl (C=O) groups is 6. The standard InChI is InChI=1S/C38H43N9O9S/c1-57(54,55)26-7-4-23(5-8-26)41-34-32(33(39)49)40-20-30(43-34)46-15-2-3-24(21-46)42-38(53)56-18-14-22-12-16-45(17-13-22)25-6-9-27-28(19-25)37(52)47(36(27)51)29-10-11-31(48)44-35(29)50/h4-9,19-20,22,24,29H,2-3,10-18,21H2,1H3,(H2,39,49)(H,41,43)(H,42,53)(H,44,48,50).